The molecule has 1 amide bonds. The van der Waals surface area contributed by atoms with Gasteiger partial charge in [0, 0.05) is 43.2 Å². The summed E-state index contributed by atoms with van der Waals surface area (Å²) in [6.07, 6.45) is 1.39. The lowest BCUT2D eigenvalue weighted by Crippen LogP contribution is -2.33. The molecule has 4 rings (SSSR count). The molecule has 25 heavy (non-hydrogen) atoms. The molecule has 2 aliphatic rings. The zero-order chi connectivity index (χ0) is 17.1. The minimum absolute atomic E-state index is 0.201. The van der Waals surface area contributed by atoms with E-state index in [1.165, 1.54) is 0 Å². The Kier molecular flexibility index (Phi) is 4.88. The van der Waals surface area contributed by atoms with Gasteiger partial charge in [0.05, 0.1) is 5.69 Å². The van der Waals surface area contributed by atoms with Gasteiger partial charge < -0.3 is 9.80 Å². The third-order valence-corrected chi connectivity index (χ3v) is 5.75. The number of carbonyl (C=O) groups excluding carboxylic acids is 1. The Labute approximate surface area is 152 Å². The van der Waals surface area contributed by atoms with Gasteiger partial charge in [-0.05, 0) is 36.6 Å². The molecule has 5 nitrogen and oxygen atoms in total. The molecule has 0 unspecified atom stereocenters. The van der Waals surface area contributed by atoms with Crippen molar-refractivity contribution in [1.29, 1.82) is 0 Å². The topological polar surface area (TPSA) is 49.3 Å². The largest absolute Gasteiger partial charge is 0.353 e. The SMILES string of the molecule is O=C1C[C@@H](Cc2ccc(N3CCSCC3)nn2)CN1c1ccccc1. The van der Waals surface area contributed by atoms with E-state index in [1.807, 2.05) is 47.0 Å². The van der Waals surface area contributed by atoms with Gasteiger partial charge >= 0.3 is 0 Å². The standard InChI is InChI=1S/C19H22N4OS/c24-19-13-15(14-23(19)17-4-2-1-3-5-17)12-16-6-7-18(21-20-16)22-8-10-25-11-9-22/h1-7,15H,8-14H2/t15-/m1/s1. The highest BCUT2D eigenvalue weighted by atomic mass is 32.2. The first kappa shape index (κ1) is 16.4. The van der Waals surface area contributed by atoms with E-state index in [1.54, 1.807) is 0 Å². The van der Waals surface area contributed by atoms with Crippen molar-refractivity contribution in [2.75, 3.05) is 40.9 Å². The maximum Gasteiger partial charge on any atom is 0.227 e. The van der Waals surface area contributed by atoms with Gasteiger partial charge in [-0.15, -0.1) is 5.10 Å². The number of nitrogens with zero attached hydrogens (tertiary/aromatic N) is 4. The lowest BCUT2D eigenvalue weighted by molar-refractivity contribution is -0.117. The summed E-state index contributed by atoms with van der Waals surface area (Å²) < 4.78 is 0. The number of aromatic nitrogens is 2. The molecule has 0 radical (unpaired) electrons. The van der Waals surface area contributed by atoms with Crippen molar-refractivity contribution in [3.8, 4) is 0 Å². The molecule has 0 bridgehead atoms. The predicted molar refractivity (Wildman–Crippen MR) is 102 cm³/mol. The van der Waals surface area contributed by atoms with E-state index in [9.17, 15) is 4.79 Å². The Morgan fingerprint density at radius 2 is 1.84 bits per heavy atom. The van der Waals surface area contributed by atoms with Crippen LogP contribution >= 0.6 is 11.8 Å². The van der Waals surface area contributed by atoms with Crippen LogP contribution < -0.4 is 9.80 Å². The molecule has 2 fully saturated rings. The zero-order valence-corrected chi connectivity index (χ0v) is 15.0. The van der Waals surface area contributed by atoms with Crippen LogP contribution in [0.1, 0.15) is 12.1 Å². The molecule has 0 saturated carbocycles. The van der Waals surface area contributed by atoms with Gasteiger partial charge in [0.1, 0.15) is 0 Å². The molecule has 3 heterocycles. The van der Waals surface area contributed by atoms with Crippen molar-refractivity contribution in [2.45, 2.75) is 12.8 Å². The number of carbonyl (C=O) groups is 1. The summed E-state index contributed by atoms with van der Waals surface area (Å²) >= 11 is 1.99. The number of benzene rings is 1. The van der Waals surface area contributed by atoms with Gasteiger partial charge in [-0.1, -0.05) is 18.2 Å². The lowest BCUT2D eigenvalue weighted by Gasteiger charge is -2.26. The normalized spacial score (nSPS) is 21.0. The Morgan fingerprint density at radius 1 is 1.04 bits per heavy atom. The summed E-state index contributed by atoms with van der Waals surface area (Å²) in [5.41, 5.74) is 1.96. The summed E-state index contributed by atoms with van der Waals surface area (Å²) in [7, 11) is 0. The average molecular weight is 354 g/mol. The van der Waals surface area contributed by atoms with Gasteiger partial charge in [-0.3, -0.25) is 4.79 Å². The van der Waals surface area contributed by atoms with Crippen molar-refractivity contribution in [1.82, 2.24) is 10.2 Å². The molecule has 2 aliphatic heterocycles. The third kappa shape index (κ3) is 3.79. The molecule has 1 aromatic carbocycles. The van der Waals surface area contributed by atoms with Gasteiger partial charge in [0.2, 0.25) is 5.91 Å². The summed E-state index contributed by atoms with van der Waals surface area (Å²) in [5.74, 6) is 3.79. The molecule has 1 atom stereocenters. The number of thioether (sulfide) groups is 1. The molecule has 0 aliphatic carbocycles. The first-order valence-corrected chi connectivity index (χ1v) is 9.96. The summed E-state index contributed by atoms with van der Waals surface area (Å²) in [4.78, 5) is 16.5. The minimum Gasteiger partial charge on any atom is -0.353 e. The fourth-order valence-electron chi connectivity index (χ4n) is 3.49. The number of rotatable bonds is 4. The predicted octanol–water partition coefficient (Wildman–Crippen LogP) is 2.63. The summed E-state index contributed by atoms with van der Waals surface area (Å²) in [6.45, 7) is 2.85. The average Bonchev–Trinajstić information content (AvgIpc) is 3.04. The highest BCUT2D eigenvalue weighted by Crippen LogP contribution is 2.27. The number of anilines is 2. The maximum atomic E-state index is 12.3. The fraction of sp³-hybridized carbons (Fsp3) is 0.421. The molecule has 6 heteroatoms. The molecular weight excluding hydrogens is 332 g/mol. The maximum absolute atomic E-state index is 12.3. The second kappa shape index (κ2) is 7.44. The highest BCUT2D eigenvalue weighted by molar-refractivity contribution is 7.99. The van der Waals surface area contributed by atoms with Crippen LogP contribution in [-0.2, 0) is 11.2 Å². The highest BCUT2D eigenvalue weighted by Gasteiger charge is 2.30. The summed E-state index contributed by atoms with van der Waals surface area (Å²) in [5, 5.41) is 8.82. The van der Waals surface area contributed by atoms with Crippen LogP contribution in [0.25, 0.3) is 0 Å². The number of hydrogen-bond acceptors (Lipinski definition) is 5. The Bertz CT molecular complexity index is 716. The van der Waals surface area contributed by atoms with Crippen LogP contribution in [0, 0.1) is 5.92 Å². The van der Waals surface area contributed by atoms with Crippen molar-refractivity contribution < 1.29 is 4.79 Å². The van der Waals surface area contributed by atoms with E-state index in [-0.39, 0.29) is 5.91 Å². The molecular formula is C19H22N4OS. The molecule has 1 aromatic heterocycles. The van der Waals surface area contributed by atoms with E-state index in [2.05, 4.69) is 27.2 Å². The monoisotopic (exact) mass is 354 g/mol. The van der Waals surface area contributed by atoms with Crippen molar-refractivity contribution in [3.05, 3.63) is 48.2 Å². The van der Waals surface area contributed by atoms with Crippen LogP contribution in [0.3, 0.4) is 0 Å². The molecule has 2 saturated heterocycles. The third-order valence-electron chi connectivity index (χ3n) is 4.81. The van der Waals surface area contributed by atoms with Crippen LogP contribution in [0.4, 0.5) is 11.5 Å². The second-order valence-electron chi connectivity index (χ2n) is 6.60. The fourth-order valence-corrected chi connectivity index (χ4v) is 4.40. The van der Waals surface area contributed by atoms with E-state index >= 15 is 0 Å². The minimum atomic E-state index is 0.201. The first-order chi connectivity index (χ1) is 12.3. The van der Waals surface area contributed by atoms with Gasteiger partial charge in [0.15, 0.2) is 5.82 Å². The van der Waals surface area contributed by atoms with E-state index < -0.39 is 0 Å². The van der Waals surface area contributed by atoms with Gasteiger partial charge in [-0.25, -0.2) is 0 Å². The number of para-hydroxylation sites is 1. The number of amides is 1. The molecule has 130 valence electrons. The molecule has 0 N–H and O–H groups in total. The first-order valence-electron chi connectivity index (χ1n) is 8.80. The van der Waals surface area contributed by atoms with Crippen LogP contribution in [0.2, 0.25) is 0 Å². The van der Waals surface area contributed by atoms with Crippen LogP contribution in [-0.4, -0.2) is 47.2 Å². The van der Waals surface area contributed by atoms with E-state index in [0.29, 0.717) is 12.3 Å². The number of hydrogen-bond donors (Lipinski definition) is 0. The smallest absolute Gasteiger partial charge is 0.227 e. The second-order valence-corrected chi connectivity index (χ2v) is 7.82. The molecule has 2 aromatic rings. The van der Waals surface area contributed by atoms with E-state index in [4.69, 9.17) is 0 Å². The van der Waals surface area contributed by atoms with Crippen LogP contribution in [0.5, 0.6) is 0 Å². The van der Waals surface area contributed by atoms with Crippen molar-refractivity contribution in [2.24, 2.45) is 5.92 Å². The Balaban J connectivity index is 1.38. The van der Waals surface area contributed by atoms with Crippen molar-refractivity contribution >= 4 is 29.2 Å². The van der Waals surface area contributed by atoms with Crippen LogP contribution in [0.15, 0.2) is 42.5 Å². The van der Waals surface area contributed by atoms with Crippen molar-refractivity contribution in [3.63, 3.8) is 0 Å². The molecule has 0 spiro atoms. The van der Waals surface area contributed by atoms with Gasteiger partial charge in [-0.2, -0.15) is 16.9 Å². The quantitative estimate of drug-likeness (QED) is 0.845. The summed E-state index contributed by atoms with van der Waals surface area (Å²) in [6, 6.07) is 14.0. The zero-order valence-electron chi connectivity index (χ0n) is 14.2. The lowest BCUT2D eigenvalue weighted by atomic mass is 10.0. The van der Waals surface area contributed by atoms with Gasteiger partial charge in [0.25, 0.3) is 0 Å². The Hall–Kier alpha value is -2.08. The van der Waals surface area contributed by atoms with E-state index in [0.717, 1.165) is 54.8 Å². The Morgan fingerprint density at radius 3 is 2.56 bits per heavy atom.